The van der Waals surface area contributed by atoms with Crippen LogP contribution in [-0.4, -0.2) is 38.1 Å². The average molecular weight is 409 g/mol. The van der Waals surface area contributed by atoms with Gasteiger partial charge < -0.3 is 15.4 Å². The van der Waals surface area contributed by atoms with Crippen molar-refractivity contribution in [3.05, 3.63) is 17.7 Å². The van der Waals surface area contributed by atoms with Gasteiger partial charge in [0.2, 0.25) is 5.91 Å². The molecule has 2 amide bonds. The first-order valence-corrected chi connectivity index (χ1v) is 11.4. The zero-order chi connectivity index (χ0) is 20.3. The summed E-state index contributed by atoms with van der Waals surface area (Å²) in [6.07, 6.45) is 6.43. The molecule has 0 aromatic heterocycles. The van der Waals surface area contributed by atoms with Crippen LogP contribution in [0.15, 0.2) is 17.0 Å². The molecule has 1 aromatic carbocycles. The lowest BCUT2D eigenvalue weighted by Gasteiger charge is -2.22. The molecule has 1 fully saturated rings. The van der Waals surface area contributed by atoms with Gasteiger partial charge in [-0.15, -0.1) is 0 Å². The zero-order valence-corrected chi connectivity index (χ0v) is 17.2. The number of carbonyl (C=O) groups excluding carboxylic acids is 2. The maximum Gasteiger partial charge on any atom is 0.262 e. The minimum Gasteiger partial charge on any atom is -0.482 e. The number of fused-ring (bicyclic) bond motifs is 1. The number of hydrogen-bond acceptors (Lipinski definition) is 5. The van der Waals surface area contributed by atoms with Gasteiger partial charge in [0, 0.05) is 18.5 Å². The molecule has 8 heteroatoms. The Kier molecular flexibility index (Phi) is 6.27. The van der Waals surface area contributed by atoms with Crippen LogP contribution in [0.1, 0.15) is 57.4 Å². The molecule has 1 aliphatic heterocycles. The summed E-state index contributed by atoms with van der Waals surface area (Å²) in [7, 11) is -3.71. The van der Waals surface area contributed by atoms with E-state index in [4.69, 9.17) is 4.74 Å². The van der Waals surface area contributed by atoms with Crippen LogP contribution in [0.2, 0.25) is 0 Å². The summed E-state index contributed by atoms with van der Waals surface area (Å²) in [5, 5.41) is 4.82. The van der Waals surface area contributed by atoms with Crippen molar-refractivity contribution in [3.63, 3.8) is 0 Å². The number of amides is 2. The standard InChI is InChI=1S/C20H28N2O5S/c1-13-9-16-17(27-12-20(24)22-16)11-18(13)28(25,26)14(2)10-19(23)21-15-7-5-3-4-6-8-15/h9,11,14-15H,3-8,10,12H2,1-2H3,(H,21,23)(H,22,24)/t14-/m1/s1. The molecule has 28 heavy (non-hydrogen) atoms. The second kappa shape index (κ2) is 8.51. The molecule has 0 saturated heterocycles. The summed E-state index contributed by atoms with van der Waals surface area (Å²) in [5.74, 6) is -0.160. The van der Waals surface area contributed by atoms with Crippen molar-refractivity contribution in [1.82, 2.24) is 5.32 Å². The van der Waals surface area contributed by atoms with Crippen LogP contribution in [0.25, 0.3) is 0 Å². The van der Waals surface area contributed by atoms with Crippen LogP contribution >= 0.6 is 0 Å². The number of rotatable bonds is 5. The van der Waals surface area contributed by atoms with Crippen molar-refractivity contribution in [1.29, 1.82) is 0 Å². The van der Waals surface area contributed by atoms with Crippen LogP contribution in [0.4, 0.5) is 5.69 Å². The molecule has 2 aliphatic rings. The molecule has 1 atom stereocenters. The molecule has 7 nitrogen and oxygen atoms in total. The van der Waals surface area contributed by atoms with Crippen molar-refractivity contribution < 1.29 is 22.7 Å². The van der Waals surface area contributed by atoms with Crippen molar-refractivity contribution in [2.24, 2.45) is 0 Å². The Balaban J connectivity index is 1.71. The van der Waals surface area contributed by atoms with E-state index in [0.29, 0.717) is 17.0 Å². The summed E-state index contributed by atoms with van der Waals surface area (Å²) in [4.78, 5) is 24.0. The van der Waals surface area contributed by atoms with Crippen LogP contribution in [0, 0.1) is 6.92 Å². The highest BCUT2D eigenvalue weighted by Crippen LogP contribution is 2.34. The summed E-state index contributed by atoms with van der Waals surface area (Å²) < 4.78 is 31.5. The van der Waals surface area contributed by atoms with Crippen molar-refractivity contribution in [2.45, 2.75) is 75.0 Å². The van der Waals surface area contributed by atoms with E-state index in [1.807, 2.05) is 0 Å². The fourth-order valence-electron chi connectivity index (χ4n) is 3.82. The summed E-state index contributed by atoms with van der Waals surface area (Å²) in [5.41, 5.74) is 0.979. The molecule has 1 saturated carbocycles. The first-order chi connectivity index (χ1) is 13.3. The molecule has 2 N–H and O–H groups in total. The molecule has 1 aliphatic carbocycles. The van der Waals surface area contributed by atoms with E-state index in [2.05, 4.69) is 10.6 Å². The van der Waals surface area contributed by atoms with Gasteiger partial charge in [-0.2, -0.15) is 0 Å². The molecule has 0 unspecified atom stereocenters. The Morgan fingerprint density at radius 3 is 2.61 bits per heavy atom. The molecular weight excluding hydrogens is 380 g/mol. The van der Waals surface area contributed by atoms with Crippen LogP contribution in [-0.2, 0) is 19.4 Å². The highest BCUT2D eigenvalue weighted by Gasteiger charge is 2.30. The Morgan fingerprint density at radius 1 is 1.25 bits per heavy atom. The van der Waals surface area contributed by atoms with E-state index < -0.39 is 15.1 Å². The third-order valence-electron chi connectivity index (χ3n) is 5.44. The second-order valence-corrected chi connectivity index (χ2v) is 10.1. The maximum absolute atomic E-state index is 13.1. The Labute approximate surface area is 166 Å². The monoisotopic (exact) mass is 408 g/mol. The largest absolute Gasteiger partial charge is 0.482 e. The summed E-state index contributed by atoms with van der Waals surface area (Å²) in [6.45, 7) is 3.09. The van der Waals surface area contributed by atoms with Gasteiger partial charge in [-0.3, -0.25) is 9.59 Å². The lowest BCUT2D eigenvalue weighted by Crippen LogP contribution is -2.37. The number of anilines is 1. The molecule has 3 rings (SSSR count). The number of sulfone groups is 1. The predicted molar refractivity (Wildman–Crippen MR) is 106 cm³/mol. The molecule has 0 spiro atoms. The third kappa shape index (κ3) is 4.66. The zero-order valence-electron chi connectivity index (χ0n) is 16.4. The third-order valence-corrected chi connectivity index (χ3v) is 7.72. The number of benzene rings is 1. The molecule has 0 bridgehead atoms. The molecule has 154 valence electrons. The number of ether oxygens (including phenoxy) is 1. The SMILES string of the molecule is Cc1cc2c(cc1S(=O)(=O)[C@H](C)CC(=O)NC1CCCCCC1)OCC(=O)N2. The van der Waals surface area contributed by atoms with Gasteiger partial charge in [0.1, 0.15) is 5.75 Å². The lowest BCUT2D eigenvalue weighted by atomic mass is 10.1. The normalized spacial score (nSPS) is 19.0. The summed E-state index contributed by atoms with van der Waals surface area (Å²) >= 11 is 0. The van der Waals surface area contributed by atoms with Gasteiger partial charge in [-0.1, -0.05) is 25.7 Å². The Morgan fingerprint density at radius 2 is 1.93 bits per heavy atom. The maximum atomic E-state index is 13.1. The predicted octanol–water partition coefficient (Wildman–Crippen LogP) is 2.72. The first kappa shape index (κ1) is 20.6. The lowest BCUT2D eigenvalue weighted by molar-refractivity contribution is -0.122. The fraction of sp³-hybridized carbons (Fsp3) is 0.600. The van der Waals surface area contributed by atoms with Crippen molar-refractivity contribution in [2.75, 3.05) is 11.9 Å². The van der Waals surface area contributed by atoms with Gasteiger partial charge in [-0.05, 0) is 38.3 Å². The minimum absolute atomic E-state index is 0.0764. The smallest absolute Gasteiger partial charge is 0.262 e. The Hall–Kier alpha value is -2.09. The number of aryl methyl sites for hydroxylation is 1. The minimum atomic E-state index is -3.71. The quantitative estimate of drug-likeness (QED) is 0.730. The topological polar surface area (TPSA) is 102 Å². The molecule has 0 radical (unpaired) electrons. The fourth-order valence-corrected chi connectivity index (χ4v) is 5.40. The van der Waals surface area contributed by atoms with E-state index in [0.717, 1.165) is 25.7 Å². The van der Waals surface area contributed by atoms with Gasteiger partial charge in [0.05, 0.1) is 15.8 Å². The van der Waals surface area contributed by atoms with Crippen LogP contribution in [0.5, 0.6) is 5.75 Å². The van der Waals surface area contributed by atoms with Gasteiger partial charge >= 0.3 is 0 Å². The van der Waals surface area contributed by atoms with E-state index in [-0.39, 0.29) is 35.8 Å². The number of nitrogens with one attached hydrogen (secondary N) is 2. The van der Waals surface area contributed by atoms with E-state index in [1.165, 1.54) is 18.9 Å². The van der Waals surface area contributed by atoms with Gasteiger partial charge in [-0.25, -0.2) is 8.42 Å². The van der Waals surface area contributed by atoms with Gasteiger partial charge in [0.15, 0.2) is 16.4 Å². The molecule has 1 heterocycles. The van der Waals surface area contributed by atoms with Crippen LogP contribution in [0.3, 0.4) is 0 Å². The average Bonchev–Trinajstić information content (AvgIpc) is 2.89. The molecule has 1 aromatic rings. The second-order valence-electron chi connectivity index (χ2n) is 7.77. The number of hydrogen-bond donors (Lipinski definition) is 2. The van der Waals surface area contributed by atoms with Crippen molar-refractivity contribution >= 4 is 27.3 Å². The van der Waals surface area contributed by atoms with Crippen molar-refractivity contribution in [3.8, 4) is 5.75 Å². The van der Waals surface area contributed by atoms with E-state index >= 15 is 0 Å². The van der Waals surface area contributed by atoms with Crippen LogP contribution < -0.4 is 15.4 Å². The highest BCUT2D eigenvalue weighted by atomic mass is 32.2. The molecular formula is C20H28N2O5S. The highest BCUT2D eigenvalue weighted by molar-refractivity contribution is 7.92. The number of carbonyl (C=O) groups is 2. The Bertz CT molecular complexity index is 858. The van der Waals surface area contributed by atoms with E-state index in [1.54, 1.807) is 19.9 Å². The van der Waals surface area contributed by atoms with Gasteiger partial charge in [0.25, 0.3) is 5.91 Å². The summed E-state index contributed by atoms with van der Waals surface area (Å²) in [6, 6.07) is 3.18. The van der Waals surface area contributed by atoms with E-state index in [9.17, 15) is 18.0 Å². The first-order valence-electron chi connectivity index (χ1n) is 9.88.